The average molecular weight is 357 g/mol. The summed E-state index contributed by atoms with van der Waals surface area (Å²) in [6, 6.07) is 3.64. The summed E-state index contributed by atoms with van der Waals surface area (Å²) in [4.78, 5) is 26.3. The molecule has 6 heteroatoms. The van der Waals surface area contributed by atoms with Gasteiger partial charge in [0, 0.05) is 4.47 Å². The van der Waals surface area contributed by atoms with Gasteiger partial charge in [0.2, 0.25) is 5.91 Å². The molecule has 0 aromatic heterocycles. The summed E-state index contributed by atoms with van der Waals surface area (Å²) < 4.78 is 14.8. The first-order chi connectivity index (χ1) is 9.65. The number of carbonyl (C=O) groups excluding carboxylic acids is 2. The van der Waals surface area contributed by atoms with Crippen LogP contribution < -0.4 is 10.2 Å². The van der Waals surface area contributed by atoms with Gasteiger partial charge in [0.05, 0.1) is 5.69 Å². The third-order valence-corrected chi connectivity index (χ3v) is 4.03. The van der Waals surface area contributed by atoms with E-state index in [1.165, 1.54) is 17.0 Å². The van der Waals surface area contributed by atoms with E-state index in [1.807, 2.05) is 13.8 Å². The number of nitrogens with one attached hydrogen (secondary N) is 1. The maximum absolute atomic E-state index is 14.2. The molecule has 4 nitrogen and oxygen atoms in total. The Labute approximate surface area is 131 Å². The molecule has 1 N–H and O–H groups in total. The molecule has 0 spiro atoms. The van der Waals surface area contributed by atoms with Gasteiger partial charge in [-0.05, 0) is 38.0 Å². The largest absolute Gasteiger partial charge is 0.340 e. The van der Waals surface area contributed by atoms with Crippen LogP contribution in [0.15, 0.2) is 22.7 Å². The summed E-state index contributed by atoms with van der Waals surface area (Å²) in [6.45, 7) is 6.90. The van der Waals surface area contributed by atoms with Crippen molar-refractivity contribution in [2.45, 2.75) is 39.3 Å². The zero-order chi connectivity index (χ0) is 15.9. The smallest absolute Gasteiger partial charge is 0.253 e. The maximum atomic E-state index is 14.2. The number of piperazine rings is 1. The molecule has 1 aliphatic rings. The standard InChI is InChI=1S/C15H18BrFN2O2/c1-8(2)12-13(20)18-15(3,4)14(21)19(12)11-7-9(16)5-6-10(11)17/h5-8,12H,1-4H3,(H,18,20). The van der Waals surface area contributed by atoms with E-state index in [0.29, 0.717) is 4.47 Å². The van der Waals surface area contributed by atoms with Gasteiger partial charge in [-0.2, -0.15) is 0 Å². The van der Waals surface area contributed by atoms with Crippen LogP contribution >= 0.6 is 15.9 Å². The Bertz CT molecular complexity index is 601. The summed E-state index contributed by atoms with van der Waals surface area (Å²) >= 11 is 3.28. The normalized spacial score (nSPS) is 21.7. The van der Waals surface area contributed by atoms with Gasteiger partial charge >= 0.3 is 0 Å². The number of hydrogen-bond acceptors (Lipinski definition) is 2. The summed E-state index contributed by atoms with van der Waals surface area (Å²) in [5.41, 5.74) is -0.937. The SMILES string of the molecule is CC(C)C1C(=O)NC(C)(C)C(=O)N1c1cc(Br)ccc1F. The number of halogens is 2. The Kier molecular flexibility index (Phi) is 4.10. The van der Waals surface area contributed by atoms with Crippen LogP contribution in [0.3, 0.4) is 0 Å². The molecule has 0 radical (unpaired) electrons. The van der Waals surface area contributed by atoms with E-state index in [2.05, 4.69) is 21.2 Å². The zero-order valence-corrected chi connectivity index (χ0v) is 14.0. The monoisotopic (exact) mass is 356 g/mol. The van der Waals surface area contributed by atoms with Crippen LogP contribution in [0.5, 0.6) is 0 Å². The summed E-state index contributed by atoms with van der Waals surface area (Å²) in [5, 5.41) is 2.71. The average Bonchev–Trinajstić information content (AvgIpc) is 2.35. The minimum Gasteiger partial charge on any atom is -0.340 e. The molecule has 0 saturated carbocycles. The van der Waals surface area contributed by atoms with Crippen LogP contribution in [0.2, 0.25) is 0 Å². The van der Waals surface area contributed by atoms with Crippen molar-refractivity contribution in [3.8, 4) is 0 Å². The molecule has 0 bridgehead atoms. The first kappa shape index (κ1) is 15.9. The van der Waals surface area contributed by atoms with E-state index >= 15 is 0 Å². The van der Waals surface area contributed by atoms with Gasteiger partial charge in [-0.1, -0.05) is 29.8 Å². The second-order valence-electron chi connectivity index (χ2n) is 6.07. The van der Waals surface area contributed by atoms with Gasteiger partial charge in [-0.3, -0.25) is 14.5 Å². The van der Waals surface area contributed by atoms with Gasteiger partial charge in [-0.15, -0.1) is 0 Å². The molecule has 1 heterocycles. The molecule has 1 atom stereocenters. The molecule has 1 aliphatic heterocycles. The van der Waals surface area contributed by atoms with Gasteiger partial charge in [-0.25, -0.2) is 4.39 Å². The molecule has 1 saturated heterocycles. The molecule has 21 heavy (non-hydrogen) atoms. The molecule has 1 fully saturated rings. The fourth-order valence-electron chi connectivity index (χ4n) is 2.51. The highest BCUT2D eigenvalue weighted by Crippen LogP contribution is 2.32. The second kappa shape index (κ2) is 5.40. The van der Waals surface area contributed by atoms with Crippen LogP contribution in [-0.4, -0.2) is 23.4 Å². The molecule has 1 aromatic carbocycles. The molecule has 2 amide bonds. The number of hydrogen-bond donors (Lipinski definition) is 1. The van der Waals surface area contributed by atoms with Crippen molar-refractivity contribution < 1.29 is 14.0 Å². The van der Waals surface area contributed by atoms with E-state index in [-0.39, 0.29) is 23.4 Å². The Morgan fingerprint density at radius 3 is 2.52 bits per heavy atom. The number of nitrogens with zero attached hydrogens (tertiary/aromatic N) is 1. The van der Waals surface area contributed by atoms with Crippen LogP contribution in [-0.2, 0) is 9.59 Å². The Morgan fingerprint density at radius 1 is 1.33 bits per heavy atom. The van der Waals surface area contributed by atoms with E-state index in [1.54, 1.807) is 19.9 Å². The Morgan fingerprint density at radius 2 is 1.95 bits per heavy atom. The highest BCUT2D eigenvalue weighted by atomic mass is 79.9. The minimum absolute atomic E-state index is 0.121. The van der Waals surface area contributed by atoms with Crippen LogP contribution in [0.25, 0.3) is 0 Å². The second-order valence-corrected chi connectivity index (χ2v) is 6.99. The molecular formula is C15H18BrFN2O2. The first-order valence-corrected chi connectivity index (χ1v) is 7.55. The lowest BCUT2D eigenvalue weighted by Gasteiger charge is -2.44. The lowest BCUT2D eigenvalue weighted by atomic mass is 9.91. The van der Waals surface area contributed by atoms with Gasteiger partial charge < -0.3 is 5.32 Å². The van der Waals surface area contributed by atoms with Crippen molar-refractivity contribution in [1.29, 1.82) is 0 Å². The van der Waals surface area contributed by atoms with Crippen molar-refractivity contribution in [3.05, 3.63) is 28.5 Å². The van der Waals surface area contributed by atoms with Crippen molar-refractivity contribution in [1.82, 2.24) is 5.32 Å². The number of amides is 2. The first-order valence-electron chi connectivity index (χ1n) is 6.76. The van der Waals surface area contributed by atoms with Crippen molar-refractivity contribution in [2.75, 3.05) is 4.90 Å². The fraction of sp³-hybridized carbons (Fsp3) is 0.467. The van der Waals surface area contributed by atoms with Crippen molar-refractivity contribution >= 4 is 33.4 Å². The number of anilines is 1. The molecular weight excluding hydrogens is 339 g/mol. The highest BCUT2D eigenvalue weighted by molar-refractivity contribution is 9.10. The quantitative estimate of drug-likeness (QED) is 0.885. The van der Waals surface area contributed by atoms with E-state index in [4.69, 9.17) is 0 Å². The predicted molar refractivity (Wildman–Crippen MR) is 82.4 cm³/mol. The summed E-state index contributed by atoms with van der Waals surface area (Å²) in [5.74, 6) is -1.25. The van der Waals surface area contributed by atoms with Gasteiger partial charge in [0.15, 0.2) is 0 Å². The lowest BCUT2D eigenvalue weighted by Crippen LogP contribution is -2.69. The van der Waals surface area contributed by atoms with Crippen LogP contribution in [0.4, 0.5) is 10.1 Å². The van der Waals surface area contributed by atoms with Gasteiger partial charge in [0.1, 0.15) is 17.4 Å². The third-order valence-electron chi connectivity index (χ3n) is 3.54. The number of carbonyl (C=O) groups is 2. The van der Waals surface area contributed by atoms with Gasteiger partial charge in [0.25, 0.3) is 5.91 Å². The fourth-order valence-corrected chi connectivity index (χ4v) is 2.86. The Balaban J connectivity index is 2.61. The van der Waals surface area contributed by atoms with Crippen LogP contribution in [0, 0.1) is 11.7 Å². The molecule has 1 unspecified atom stereocenters. The predicted octanol–water partition coefficient (Wildman–Crippen LogP) is 2.85. The minimum atomic E-state index is -1.06. The van der Waals surface area contributed by atoms with E-state index in [9.17, 15) is 14.0 Å². The summed E-state index contributed by atoms with van der Waals surface area (Å²) in [7, 11) is 0. The maximum Gasteiger partial charge on any atom is 0.253 e. The van der Waals surface area contributed by atoms with E-state index < -0.39 is 17.4 Å². The summed E-state index contributed by atoms with van der Waals surface area (Å²) in [6.07, 6.45) is 0. The van der Waals surface area contributed by atoms with Crippen LogP contribution in [0.1, 0.15) is 27.7 Å². The molecule has 2 rings (SSSR count). The third kappa shape index (κ3) is 2.81. The van der Waals surface area contributed by atoms with Crippen molar-refractivity contribution in [2.24, 2.45) is 5.92 Å². The lowest BCUT2D eigenvalue weighted by molar-refractivity contribution is -0.138. The van der Waals surface area contributed by atoms with Crippen molar-refractivity contribution in [3.63, 3.8) is 0 Å². The topological polar surface area (TPSA) is 49.4 Å². The number of rotatable bonds is 2. The zero-order valence-electron chi connectivity index (χ0n) is 12.4. The molecule has 0 aliphatic carbocycles. The highest BCUT2D eigenvalue weighted by Gasteiger charge is 2.47. The molecule has 1 aromatic rings. The molecule has 114 valence electrons. The Hall–Kier alpha value is -1.43. The van der Waals surface area contributed by atoms with E-state index in [0.717, 1.165) is 0 Å². The number of benzene rings is 1.